The first kappa shape index (κ1) is 17.9. The van der Waals surface area contributed by atoms with Crippen LogP contribution in [0.4, 0.5) is 4.79 Å². The number of amides is 3. The summed E-state index contributed by atoms with van der Waals surface area (Å²) in [6.45, 7) is 0.0671. The van der Waals surface area contributed by atoms with Crippen LogP contribution in [0.1, 0.15) is 32.1 Å². The summed E-state index contributed by atoms with van der Waals surface area (Å²) in [5.74, 6) is 1.57. The van der Waals surface area contributed by atoms with Crippen molar-refractivity contribution < 1.29 is 28.9 Å². The first-order chi connectivity index (χ1) is 13.0. The molecule has 2 fully saturated rings. The molecule has 8 heteroatoms. The van der Waals surface area contributed by atoms with Gasteiger partial charge in [0.25, 0.3) is 5.91 Å². The van der Waals surface area contributed by atoms with E-state index >= 15 is 0 Å². The SMILES string of the molecule is CN1C(=O)N(C[C@@H](O)COc2ccc3c(c2)OCO3)C(=O)C12CCCCC2. The lowest BCUT2D eigenvalue weighted by Crippen LogP contribution is -2.49. The topological polar surface area (TPSA) is 88.5 Å². The number of carbonyl (C=O) groups excluding carboxylic acids is 2. The maximum absolute atomic E-state index is 12.9. The smallest absolute Gasteiger partial charge is 0.327 e. The number of rotatable bonds is 5. The molecular formula is C19H24N2O6. The van der Waals surface area contributed by atoms with Gasteiger partial charge in [0.15, 0.2) is 11.5 Å². The second-order valence-corrected chi connectivity index (χ2v) is 7.33. The molecule has 146 valence electrons. The second kappa shape index (κ2) is 6.92. The van der Waals surface area contributed by atoms with Crippen LogP contribution in [0.3, 0.4) is 0 Å². The Morgan fingerprint density at radius 3 is 2.70 bits per heavy atom. The molecule has 4 rings (SSSR count). The van der Waals surface area contributed by atoms with E-state index in [1.807, 2.05) is 0 Å². The Hall–Kier alpha value is -2.48. The molecule has 0 aromatic heterocycles. The number of likely N-dealkylation sites (N-methyl/N-ethyl adjacent to an activating group) is 1. The molecule has 3 aliphatic rings. The minimum absolute atomic E-state index is 0.0343. The largest absolute Gasteiger partial charge is 0.491 e. The van der Waals surface area contributed by atoms with Crippen LogP contribution in [0.15, 0.2) is 18.2 Å². The number of urea groups is 1. The quantitative estimate of drug-likeness (QED) is 0.788. The van der Waals surface area contributed by atoms with Crippen molar-refractivity contribution in [2.24, 2.45) is 0 Å². The summed E-state index contributed by atoms with van der Waals surface area (Å²) in [6, 6.07) is 4.80. The first-order valence-electron chi connectivity index (χ1n) is 9.31. The van der Waals surface area contributed by atoms with Gasteiger partial charge in [-0.15, -0.1) is 0 Å². The average molecular weight is 376 g/mol. The molecule has 1 aliphatic carbocycles. The van der Waals surface area contributed by atoms with E-state index in [9.17, 15) is 14.7 Å². The lowest BCUT2D eigenvalue weighted by atomic mass is 9.81. The molecule has 1 atom stereocenters. The number of carbonyl (C=O) groups is 2. The summed E-state index contributed by atoms with van der Waals surface area (Å²) in [6.07, 6.45) is 3.36. The summed E-state index contributed by atoms with van der Waals surface area (Å²) in [4.78, 5) is 28.2. The van der Waals surface area contributed by atoms with Gasteiger partial charge in [-0.1, -0.05) is 19.3 Å². The third kappa shape index (κ3) is 3.07. The number of fused-ring (bicyclic) bond motifs is 1. The van der Waals surface area contributed by atoms with Crippen molar-refractivity contribution >= 4 is 11.9 Å². The van der Waals surface area contributed by atoms with Crippen molar-refractivity contribution in [2.45, 2.75) is 43.7 Å². The Morgan fingerprint density at radius 1 is 1.19 bits per heavy atom. The molecule has 0 bridgehead atoms. The maximum atomic E-state index is 12.9. The molecule has 1 spiro atoms. The molecule has 27 heavy (non-hydrogen) atoms. The van der Waals surface area contributed by atoms with Gasteiger partial charge in [0.05, 0.1) is 6.54 Å². The van der Waals surface area contributed by atoms with E-state index in [0.29, 0.717) is 30.1 Å². The molecule has 3 amide bonds. The fraction of sp³-hybridized carbons (Fsp3) is 0.579. The van der Waals surface area contributed by atoms with Crippen LogP contribution in [0.2, 0.25) is 0 Å². The van der Waals surface area contributed by atoms with Gasteiger partial charge in [0.2, 0.25) is 6.79 Å². The number of imide groups is 1. The molecule has 1 N–H and O–H groups in total. The predicted molar refractivity (Wildman–Crippen MR) is 94.8 cm³/mol. The number of aliphatic hydroxyl groups excluding tert-OH is 1. The molecule has 2 aliphatic heterocycles. The molecule has 1 aromatic rings. The van der Waals surface area contributed by atoms with Gasteiger partial charge < -0.3 is 24.2 Å². The number of β-amino-alcohol motifs (C(OH)–C–C–N with tert-alkyl or cyclic N) is 1. The van der Waals surface area contributed by atoms with Crippen LogP contribution in [-0.4, -0.2) is 65.5 Å². The van der Waals surface area contributed by atoms with Crippen LogP contribution >= 0.6 is 0 Å². The Bertz CT molecular complexity index is 746. The number of nitrogens with zero attached hydrogens (tertiary/aromatic N) is 2. The number of ether oxygens (including phenoxy) is 3. The van der Waals surface area contributed by atoms with E-state index in [4.69, 9.17) is 14.2 Å². The number of aliphatic hydroxyl groups is 1. The van der Waals surface area contributed by atoms with Gasteiger partial charge in [-0.25, -0.2) is 4.79 Å². The van der Waals surface area contributed by atoms with Crippen molar-refractivity contribution in [1.29, 1.82) is 0 Å². The minimum atomic E-state index is -0.976. The molecule has 2 heterocycles. The van der Waals surface area contributed by atoms with Gasteiger partial charge >= 0.3 is 6.03 Å². The van der Waals surface area contributed by atoms with Gasteiger partial charge in [0, 0.05) is 13.1 Å². The third-order valence-corrected chi connectivity index (χ3v) is 5.66. The highest BCUT2D eigenvalue weighted by Gasteiger charge is 2.55. The second-order valence-electron chi connectivity index (χ2n) is 7.33. The molecule has 8 nitrogen and oxygen atoms in total. The van der Waals surface area contributed by atoms with Crippen molar-refractivity contribution in [1.82, 2.24) is 9.80 Å². The maximum Gasteiger partial charge on any atom is 0.327 e. The number of benzene rings is 1. The Morgan fingerprint density at radius 2 is 1.93 bits per heavy atom. The highest BCUT2D eigenvalue weighted by Crippen LogP contribution is 2.39. The van der Waals surface area contributed by atoms with Crippen molar-refractivity contribution in [2.75, 3.05) is 27.0 Å². The fourth-order valence-corrected chi connectivity index (χ4v) is 4.12. The normalized spacial score (nSPS) is 21.9. The number of hydrogen-bond donors (Lipinski definition) is 1. The van der Waals surface area contributed by atoms with Crippen LogP contribution in [0, 0.1) is 0 Å². The molecule has 1 saturated heterocycles. The van der Waals surface area contributed by atoms with Gasteiger partial charge in [0.1, 0.15) is 24.0 Å². The molecule has 1 saturated carbocycles. The van der Waals surface area contributed by atoms with E-state index in [1.54, 1.807) is 30.1 Å². The molecule has 0 unspecified atom stereocenters. The molecular weight excluding hydrogens is 352 g/mol. The van der Waals surface area contributed by atoms with Gasteiger partial charge in [-0.05, 0) is 25.0 Å². The predicted octanol–water partition coefficient (Wildman–Crippen LogP) is 1.75. The molecule has 0 radical (unpaired) electrons. The summed E-state index contributed by atoms with van der Waals surface area (Å²) in [7, 11) is 1.68. The van der Waals surface area contributed by atoms with Crippen LogP contribution < -0.4 is 14.2 Å². The minimum Gasteiger partial charge on any atom is -0.491 e. The summed E-state index contributed by atoms with van der Waals surface area (Å²) in [5, 5.41) is 10.3. The van der Waals surface area contributed by atoms with E-state index in [2.05, 4.69) is 0 Å². The average Bonchev–Trinajstić information content (AvgIpc) is 3.22. The fourth-order valence-electron chi connectivity index (χ4n) is 4.12. The lowest BCUT2D eigenvalue weighted by molar-refractivity contribution is -0.135. The van der Waals surface area contributed by atoms with Gasteiger partial charge in [-0.3, -0.25) is 9.69 Å². The zero-order chi connectivity index (χ0) is 19.0. The highest BCUT2D eigenvalue weighted by atomic mass is 16.7. The standard InChI is InChI=1S/C19H24N2O6/c1-20-18(24)21(17(23)19(20)7-3-2-4-8-19)10-13(22)11-25-14-5-6-15-16(9-14)27-12-26-15/h5-6,9,13,22H,2-4,7-8,10-12H2,1H3/t13-/m1/s1. The molecule has 1 aromatic carbocycles. The van der Waals surface area contributed by atoms with Crippen LogP contribution in [0.25, 0.3) is 0 Å². The Labute approximate surface area is 157 Å². The first-order valence-corrected chi connectivity index (χ1v) is 9.31. The van der Waals surface area contributed by atoms with Crippen LogP contribution in [-0.2, 0) is 4.79 Å². The Balaban J connectivity index is 1.37. The highest BCUT2D eigenvalue weighted by molar-refractivity contribution is 6.07. The lowest BCUT2D eigenvalue weighted by Gasteiger charge is -2.35. The zero-order valence-electron chi connectivity index (χ0n) is 15.3. The summed E-state index contributed by atoms with van der Waals surface area (Å²) in [5.41, 5.74) is -0.729. The summed E-state index contributed by atoms with van der Waals surface area (Å²) >= 11 is 0. The van der Waals surface area contributed by atoms with Gasteiger partial charge in [-0.2, -0.15) is 0 Å². The Kier molecular flexibility index (Phi) is 4.59. The van der Waals surface area contributed by atoms with E-state index < -0.39 is 11.6 Å². The van der Waals surface area contributed by atoms with Crippen molar-refractivity contribution in [3.8, 4) is 17.2 Å². The third-order valence-electron chi connectivity index (χ3n) is 5.66. The van der Waals surface area contributed by atoms with E-state index in [-0.39, 0.29) is 31.9 Å². The number of hydrogen-bond acceptors (Lipinski definition) is 6. The van der Waals surface area contributed by atoms with Crippen molar-refractivity contribution in [3.05, 3.63) is 18.2 Å². The van der Waals surface area contributed by atoms with E-state index in [0.717, 1.165) is 19.3 Å². The van der Waals surface area contributed by atoms with Crippen LogP contribution in [0.5, 0.6) is 17.2 Å². The monoisotopic (exact) mass is 376 g/mol. The zero-order valence-corrected chi connectivity index (χ0v) is 15.3. The summed E-state index contributed by atoms with van der Waals surface area (Å²) < 4.78 is 16.1. The van der Waals surface area contributed by atoms with E-state index in [1.165, 1.54) is 4.90 Å². The van der Waals surface area contributed by atoms with Crippen molar-refractivity contribution in [3.63, 3.8) is 0 Å².